The van der Waals surface area contributed by atoms with Gasteiger partial charge in [0.2, 0.25) is 5.91 Å². The smallest absolute Gasteiger partial charge is 0.246 e. The van der Waals surface area contributed by atoms with Gasteiger partial charge in [-0.1, -0.05) is 6.07 Å². The lowest BCUT2D eigenvalue weighted by Crippen LogP contribution is -2.19. The molecule has 1 aromatic carbocycles. The van der Waals surface area contributed by atoms with Gasteiger partial charge in [-0.2, -0.15) is 5.10 Å². The first kappa shape index (κ1) is 12.0. The van der Waals surface area contributed by atoms with Gasteiger partial charge < -0.3 is 5.32 Å². The lowest BCUT2D eigenvalue weighted by molar-refractivity contribution is -0.116. The van der Waals surface area contributed by atoms with Crippen LogP contribution in [0.2, 0.25) is 0 Å². The molecule has 0 radical (unpaired) electrons. The third-order valence-electron chi connectivity index (χ3n) is 2.02. The van der Waals surface area contributed by atoms with E-state index in [1.165, 1.54) is 16.8 Å². The Hall–Kier alpha value is -1.44. The van der Waals surface area contributed by atoms with Gasteiger partial charge in [0.05, 0.1) is 9.77 Å². The van der Waals surface area contributed by atoms with Gasteiger partial charge in [0.25, 0.3) is 0 Å². The fourth-order valence-electron chi connectivity index (χ4n) is 1.34. The molecule has 88 valence electrons. The Labute approximate surface area is 111 Å². The van der Waals surface area contributed by atoms with Gasteiger partial charge in [-0.05, 0) is 40.8 Å². The predicted octanol–water partition coefficient (Wildman–Crippen LogP) is 2.27. The van der Waals surface area contributed by atoms with E-state index in [1.54, 1.807) is 24.5 Å². The monoisotopic (exact) mass is 345 g/mol. The molecule has 0 bridgehead atoms. The molecule has 2 rings (SSSR count). The van der Waals surface area contributed by atoms with Crippen LogP contribution in [-0.2, 0) is 11.3 Å². The van der Waals surface area contributed by atoms with E-state index in [2.05, 4.69) is 33.0 Å². The zero-order valence-electron chi connectivity index (χ0n) is 8.73. The Morgan fingerprint density at radius 2 is 2.35 bits per heavy atom. The molecule has 17 heavy (non-hydrogen) atoms. The molecule has 0 spiro atoms. The van der Waals surface area contributed by atoms with Gasteiger partial charge in [0.15, 0.2) is 0 Å². The average molecular weight is 345 g/mol. The van der Waals surface area contributed by atoms with Crippen molar-refractivity contribution in [3.05, 3.63) is 46.0 Å². The number of aromatic nitrogens is 2. The van der Waals surface area contributed by atoms with E-state index in [1.807, 2.05) is 0 Å². The number of halogens is 2. The van der Waals surface area contributed by atoms with Crippen LogP contribution in [0.3, 0.4) is 0 Å². The largest absolute Gasteiger partial charge is 0.324 e. The summed E-state index contributed by atoms with van der Waals surface area (Å²) in [5.74, 6) is -0.619. The average Bonchev–Trinajstić information content (AvgIpc) is 2.63. The maximum absolute atomic E-state index is 12.9. The highest BCUT2D eigenvalue weighted by atomic mass is 127. The Bertz CT molecular complexity index is 541. The predicted molar refractivity (Wildman–Crippen MR) is 70.0 cm³/mol. The summed E-state index contributed by atoms with van der Waals surface area (Å²) in [6.07, 6.45) is 3.42. The number of carbonyl (C=O) groups is 1. The fourth-order valence-corrected chi connectivity index (χ4v) is 1.78. The van der Waals surface area contributed by atoms with Crippen LogP contribution in [-0.4, -0.2) is 15.7 Å². The van der Waals surface area contributed by atoms with Gasteiger partial charge >= 0.3 is 0 Å². The quantitative estimate of drug-likeness (QED) is 0.868. The van der Waals surface area contributed by atoms with E-state index in [0.29, 0.717) is 5.69 Å². The summed E-state index contributed by atoms with van der Waals surface area (Å²) in [4.78, 5) is 11.6. The number of nitrogens with one attached hydrogen (secondary N) is 1. The summed E-state index contributed by atoms with van der Waals surface area (Å²) < 4.78 is 15.4. The zero-order valence-corrected chi connectivity index (χ0v) is 10.9. The minimum Gasteiger partial charge on any atom is -0.324 e. The van der Waals surface area contributed by atoms with Crippen LogP contribution in [0.25, 0.3) is 0 Å². The van der Waals surface area contributed by atoms with Crippen LogP contribution in [0, 0.1) is 9.39 Å². The highest BCUT2D eigenvalue weighted by molar-refractivity contribution is 14.1. The van der Waals surface area contributed by atoms with Crippen molar-refractivity contribution < 1.29 is 9.18 Å². The molecule has 1 amide bonds. The van der Waals surface area contributed by atoms with E-state index >= 15 is 0 Å². The molecule has 1 aromatic heterocycles. The molecular weight excluding hydrogens is 336 g/mol. The summed E-state index contributed by atoms with van der Waals surface area (Å²) >= 11 is 2.11. The number of hydrogen-bond acceptors (Lipinski definition) is 2. The van der Waals surface area contributed by atoms with Crippen molar-refractivity contribution in [2.75, 3.05) is 5.32 Å². The zero-order chi connectivity index (χ0) is 12.3. The number of amides is 1. The number of rotatable bonds is 3. The van der Waals surface area contributed by atoms with E-state index in [9.17, 15) is 9.18 Å². The molecule has 6 heteroatoms. The molecule has 0 unspecified atom stereocenters. The molecule has 0 aliphatic carbocycles. The van der Waals surface area contributed by atoms with Gasteiger partial charge in [-0.3, -0.25) is 9.48 Å². The molecular formula is C11H9FIN3O. The second kappa shape index (κ2) is 5.26. The molecule has 1 N–H and O–H groups in total. The first-order valence-corrected chi connectivity index (χ1v) is 5.95. The van der Waals surface area contributed by atoms with Crippen LogP contribution in [0.1, 0.15) is 0 Å². The van der Waals surface area contributed by atoms with Crippen molar-refractivity contribution in [2.24, 2.45) is 0 Å². The normalized spacial score (nSPS) is 10.2. The highest BCUT2D eigenvalue weighted by Crippen LogP contribution is 2.09. The second-order valence-corrected chi connectivity index (χ2v) is 4.66. The number of nitrogens with zero attached hydrogens (tertiary/aromatic N) is 2. The molecule has 0 saturated carbocycles. The van der Waals surface area contributed by atoms with Crippen LogP contribution in [0.4, 0.5) is 10.1 Å². The molecule has 2 aromatic rings. The maximum Gasteiger partial charge on any atom is 0.246 e. The van der Waals surface area contributed by atoms with Gasteiger partial charge in [-0.25, -0.2) is 4.39 Å². The minimum atomic E-state index is -0.378. The number of benzene rings is 1. The Kier molecular flexibility index (Phi) is 3.72. The van der Waals surface area contributed by atoms with Crippen LogP contribution in [0.5, 0.6) is 0 Å². The van der Waals surface area contributed by atoms with Gasteiger partial charge in [0, 0.05) is 11.9 Å². The van der Waals surface area contributed by atoms with Gasteiger partial charge in [-0.15, -0.1) is 0 Å². The molecule has 1 heterocycles. The topological polar surface area (TPSA) is 46.9 Å². The van der Waals surface area contributed by atoms with Crippen molar-refractivity contribution in [3.63, 3.8) is 0 Å². The van der Waals surface area contributed by atoms with Crippen molar-refractivity contribution in [2.45, 2.75) is 6.54 Å². The maximum atomic E-state index is 12.9. The third kappa shape index (κ3) is 3.52. The Morgan fingerprint density at radius 3 is 3.00 bits per heavy atom. The van der Waals surface area contributed by atoms with E-state index < -0.39 is 0 Å². The van der Waals surface area contributed by atoms with E-state index in [4.69, 9.17) is 0 Å². The van der Waals surface area contributed by atoms with Crippen LogP contribution >= 0.6 is 22.6 Å². The lowest BCUT2D eigenvalue weighted by atomic mass is 10.3. The SMILES string of the molecule is O=C(Cn1cc(I)cn1)Nc1cccc(F)c1. The summed E-state index contributed by atoms with van der Waals surface area (Å²) in [6, 6.07) is 5.77. The highest BCUT2D eigenvalue weighted by Gasteiger charge is 2.05. The lowest BCUT2D eigenvalue weighted by Gasteiger charge is -2.05. The first-order valence-electron chi connectivity index (χ1n) is 4.87. The van der Waals surface area contributed by atoms with Crippen molar-refractivity contribution in [3.8, 4) is 0 Å². The molecule has 4 nitrogen and oxygen atoms in total. The van der Waals surface area contributed by atoms with E-state index in [0.717, 1.165) is 3.57 Å². The van der Waals surface area contributed by atoms with Crippen molar-refractivity contribution in [1.82, 2.24) is 9.78 Å². The fraction of sp³-hybridized carbons (Fsp3) is 0.0909. The Morgan fingerprint density at radius 1 is 1.53 bits per heavy atom. The summed E-state index contributed by atoms with van der Waals surface area (Å²) in [7, 11) is 0. The second-order valence-electron chi connectivity index (χ2n) is 3.41. The molecule has 0 aliphatic heterocycles. The van der Waals surface area contributed by atoms with Gasteiger partial charge in [0.1, 0.15) is 12.4 Å². The van der Waals surface area contributed by atoms with Crippen LogP contribution < -0.4 is 5.32 Å². The molecule has 0 fully saturated rings. The van der Waals surface area contributed by atoms with E-state index in [-0.39, 0.29) is 18.3 Å². The Balaban J connectivity index is 1.98. The first-order chi connectivity index (χ1) is 8.13. The van der Waals surface area contributed by atoms with Crippen LogP contribution in [0.15, 0.2) is 36.7 Å². The molecule has 0 atom stereocenters. The molecule has 0 saturated heterocycles. The minimum absolute atomic E-state index is 0.111. The van der Waals surface area contributed by atoms with Crippen molar-refractivity contribution >= 4 is 34.2 Å². The third-order valence-corrected chi connectivity index (χ3v) is 2.57. The molecule has 0 aliphatic rings. The number of anilines is 1. The summed E-state index contributed by atoms with van der Waals surface area (Å²) in [5, 5.41) is 6.59. The summed E-state index contributed by atoms with van der Waals surface area (Å²) in [5.41, 5.74) is 0.442. The standard InChI is InChI=1S/C11H9FIN3O/c12-8-2-1-3-10(4-8)15-11(17)7-16-6-9(13)5-14-16/h1-6H,7H2,(H,15,17). The number of hydrogen-bond donors (Lipinski definition) is 1. The van der Waals surface area contributed by atoms with Crippen molar-refractivity contribution in [1.29, 1.82) is 0 Å². The number of carbonyl (C=O) groups excluding carboxylic acids is 1. The summed E-state index contributed by atoms with van der Waals surface area (Å²) in [6.45, 7) is 0.111.